The summed E-state index contributed by atoms with van der Waals surface area (Å²) in [5, 5.41) is 6.62. The zero-order valence-electron chi connectivity index (χ0n) is 11.6. The Bertz CT molecular complexity index is 476. The van der Waals surface area contributed by atoms with Crippen molar-refractivity contribution in [3.8, 4) is 0 Å². The molecule has 2 aliphatic heterocycles. The van der Waals surface area contributed by atoms with Gasteiger partial charge in [-0.15, -0.1) is 0 Å². The van der Waals surface area contributed by atoms with Crippen molar-refractivity contribution in [1.82, 2.24) is 10.2 Å². The molecule has 2 aliphatic rings. The van der Waals surface area contributed by atoms with Gasteiger partial charge >= 0.3 is 6.03 Å². The van der Waals surface area contributed by atoms with Crippen LogP contribution >= 0.6 is 11.6 Å². The molecule has 0 saturated carbocycles. The van der Waals surface area contributed by atoms with Crippen LogP contribution in [-0.4, -0.2) is 36.1 Å². The Morgan fingerprint density at radius 2 is 1.80 bits per heavy atom. The Labute approximate surface area is 124 Å². The predicted molar refractivity (Wildman–Crippen MR) is 81.2 cm³/mol. The Hall–Kier alpha value is -1.26. The highest BCUT2D eigenvalue weighted by molar-refractivity contribution is 6.30. The second-order valence-corrected chi connectivity index (χ2v) is 6.26. The van der Waals surface area contributed by atoms with Crippen LogP contribution in [0.3, 0.4) is 0 Å². The van der Waals surface area contributed by atoms with Crippen LogP contribution in [0.5, 0.6) is 0 Å². The van der Waals surface area contributed by atoms with Gasteiger partial charge in [0.2, 0.25) is 0 Å². The minimum atomic E-state index is -0.124. The molecule has 2 saturated heterocycles. The fourth-order valence-electron chi connectivity index (χ4n) is 3.42. The Kier molecular flexibility index (Phi) is 3.85. The molecule has 2 N–H and O–H groups in total. The van der Waals surface area contributed by atoms with Gasteiger partial charge in [-0.25, -0.2) is 4.79 Å². The molecule has 3 rings (SSSR count). The van der Waals surface area contributed by atoms with E-state index in [0.29, 0.717) is 17.1 Å². The summed E-state index contributed by atoms with van der Waals surface area (Å²) in [6.07, 6.45) is 4.64. The summed E-state index contributed by atoms with van der Waals surface area (Å²) in [6.45, 7) is 0. The van der Waals surface area contributed by atoms with Crippen LogP contribution in [0.1, 0.15) is 25.7 Å². The molecule has 0 aliphatic carbocycles. The molecule has 0 unspecified atom stereocenters. The van der Waals surface area contributed by atoms with Crippen molar-refractivity contribution in [2.75, 3.05) is 12.4 Å². The van der Waals surface area contributed by atoms with Gasteiger partial charge < -0.3 is 15.5 Å². The van der Waals surface area contributed by atoms with Gasteiger partial charge in [-0.05, 0) is 57.0 Å². The lowest BCUT2D eigenvalue weighted by Crippen LogP contribution is -2.49. The van der Waals surface area contributed by atoms with E-state index in [2.05, 4.69) is 22.6 Å². The van der Waals surface area contributed by atoms with Gasteiger partial charge in [0, 0.05) is 28.8 Å². The number of fused-ring (bicyclic) bond motifs is 2. The van der Waals surface area contributed by atoms with Crippen molar-refractivity contribution in [3.63, 3.8) is 0 Å². The van der Waals surface area contributed by atoms with Crippen LogP contribution in [0.2, 0.25) is 5.02 Å². The number of rotatable bonds is 2. The Morgan fingerprint density at radius 3 is 2.40 bits per heavy atom. The van der Waals surface area contributed by atoms with Crippen LogP contribution in [0.25, 0.3) is 0 Å². The molecule has 2 atom stereocenters. The first-order valence-electron chi connectivity index (χ1n) is 7.17. The van der Waals surface area contributed by atoms with Crippen molar-refractivity contribution in [2.24, 2.45) is 0 Å². The molecule has 5 heteroatoms. The molecule has 4 nitrogen and oxygen atoms in total. The van der Waals surface area contributed by atoms with Gasteiger partial charge in [-0.3, -0.25) is 0 Å². The van der Waals surface area contributed by atoms with Crippen LogP contribution in [0.15, 0.2) is 24.3 Å². The lowest BCUT2D eigenvalue weighted by Gasteiger charge is -2.36. The molecule has 2 heterocycles. The summed E-state index contributed by atoms with van der Waals surface area (Å²) < 4.78 is 0. The zero-order chi connectivity index (χ0) is 14.1. The number of amides is 2. The minimum Gasteiger partial charge on any atom is -0.335 e. The molecule has 2 fully saturated rings. The summed E-state index contributed by atoms with van der Waals surface area (Å²) in [5.41, 5.74) is 0.766. The zero-order valence-corrected chi connectivity index (χ0v) is 12.4. The SMILES string of the molecule is CN1[C@@H]2CC[C@@H]1CC(NC(=O)Nc1ccc(Cl)cc1)C2. The topological polar surface area (TPSA) is 44.4 Å². The van der Waals surface area contributed by atoms with Crippen molar-refractivity contribution in [1.29, 1.82) is 0 Å². The van der Waals surface area contributed by atoms with Gasteiger partial charge in [-0.1, -0.05) is 11.6 Å². The van der Waals surface area contributed by atoms with E-state index in [4.69, 9.17) is 11.6 Å². The van der Waals surface area contributed by atoms with Gasteiger partial charge in [-0.2, -0.15) is 0 Å². The van der Waals surface area contributed by atoms with E-state index in [1.165, 1.54) is 12.8 Å². The number of halogens is 1. The van der Waals surface area contributed by atoms with E-state index in [0.717, 1.165) is 18.5 Å². The highest BCUT2D eigenvalue weighted by atomic mass is 35.5. The number of hydrogen-bond donors (Lipinski definition) is 2. The summed E-state index contributed by atoms with van der Waals surface area (Å²) in [5.74, 6) is 0. The molecule has 2 amide bonds. The van der Waals surface area contributed by atoms with E-state index in [1.807, 2.05) is 0 Å². The lowest BCUT2D eigenvalue weighted by molar-refractivity contribution is 0.151. The van der Waals surface area contributed by atoms with Gasteiger partial charge in [0.1, 0.15) is 0 Å². The molecule has 0 radical (unpaired) electrons. The van der Waals surface area contributed by atoms with Crippen molar-refractivity contribution < 1.29 is 4.79 Å². The van der Waals surface area contributed by atoms with E-state index in [1.54, 1.807) is 24.3 Å². The maximum absolute atomic E-state index is 12.0. The average molecular weight is 294 g/mol. The molecular weight excluding hydrogens is 274 g/mol. The maximum atomic E-state index is 12.0. The molecule has 0 aromatic heterocycles. The first-order valence-corrected chi connectivity index (χ1v) is 7.54. The number of carbonyl (C=O) groups excluding carboxylic acids is 1. The van der Waals surface area contributed by atoms with Crippen LogP contribution in [-0.2, 0) is 0 Å². The molecule has 1 aromatic carbocycles. The maximum Gasteiger partial charge on any atom is 0.319 e. The standard InChI is InChI=1S/C15H20ClN3O/c1-19-13-6-7-14(19)9-12(8-13)18-15(20)17-11-4-2-10(16)3-5-11/h2-5,12-14H,6-9H2,1H3,(H2,17,18,20)/t13-,14-/m1/s1. The third kappa shape index (κ3) is 2.91. The van der Waals surface area contributed by atoms with Crippen LogP contribution in [0.4, 0.5) is 10.5 Å². The first-order chi connectivity index (χ1) is 9.61. The number of anilines is 1. The normalized spacial score (nSPS) is 29.2. The van der Waals surface area contributed by atoms with E-state index in [-0.39, 0.29) is 12.1 Å². The van der Waals surface area contributed by atoms with Crippen molar-refractivity contribution in [2.45, 2.75) is 43.8 Å². The Balaban J connectivity index is 1.53. The summed E-state index contributed by atoms with van der Waals surface area (Å²) in [4.78, 5) is 14.5. The third-order valence-electron chi connectivity index (χ3n) is 4.54. The van der Waals surface area contributed by atoms with Crippen molar-refractivity contribution in [3.05, 3.63) is 29.3 Å². The number of piperidine rings is 1. The molecular formula is C15H20ClN3O. The Morgan fingerprint density at radius 1 is 1.20 bits per heavy atom. The number of hydrogen-bond acceptors (Lipinski definition) is 2. The van der Waals surface area contributed by atoms with E-state index < -0.39 is 0 Å². The van der Waals surface area contributed by atoms with Crippen LogP contribution < -0.4 is 10.6 Å². The molecule has 0 spiro atoms. The largest absolute Gasteiger partial charge is 0.335 e. The predicted octanol–water partition coefficient (Wildman–Crippen LogP) is 3.09. The summed E-state index contributed by atoms with van der Waals surface area (Å²) in [6, 6.07) is 8.59. The quantitative estimate of drug-likeness (QED) is 0.880. The van der Waals surface area contributed by atoms with Crippen molar-refractivity contribution >= 4 is 23.3 Å². The van der Waals surface area contributed by atoms with Gasteiger partial charge in [0.15, 0.2) is 0 Å². The summed E-state index contributed by atoms with van der Waals surface area (Å²) >= 11 is 5.82. The average Bonchev–Trinajstić information content (AvgIpc) is 2.64. The number of carbonyl (C=O) groups is 1. The number of benzene rings is 1. The number of nitrogens with one attached hydrogen (secondary N) is 2. The first kappa shape index (κ1) is 13.7. The number of urea groups is 1. The second-order valence-electron chi connectivity index (χ2n) is 5.82. The smallest absolute Gasteiger partial charge is 0.319 e. The molecule has 2 bridgehead atoms. The van der Waals surface area contributed by atoms with E-state index in [9.17, 15) is 4.79 Å². The second kappa shape index (κ2) is 5.62. The number of nitrogens with zero attached hydrogens (tertiary/aromatic N) is 1. The van der Waals surface area contributed by atoms with Gasteiger partial charge in [0.05, 0.1) is 0 Å². The summed E-state index contributed by atoms with van der Waals surface area (Å²) in [7, 11) is 2.20. The highest BCUT2D eigenvalue weighted by Gasteiger charge is 2.38. The lowest BCUT2D eigenvalue weighted by atomic mass is 9.98. The minimum absolute atomic E-state index is 0.124. The molecule has 20 heavy (non-hydrogen) atoms. The third-order valence-corrected chi connectivity index (χ3v) is 4.79. The fourth-order valence-corrected chi connectivity index (χ4v) is 3.54. The fraction of sp³-hybridized carbons (Fsp3) is 0.533. The molecule has 1 aromatic rings. The molecule has 108 valence electrons. The highest BCUT2D eigenvalue weighted by Crippen LogP contribution is 2.34. The monoisotopic (exact) mass is 293 g/mol. The van der Waals surface area contributed by atoms with Crippen LogP contribution in [0, 0.1) is 0 Å². The van der Waals surface area contributed by atoms with Gasteiger partial charge in [0.25, 0.3) is 0 Å². The van der Waals surface area contributed by atoms with E-state index >= 15 is 0 Å².